The molecule has 0 radical (unpaired) electrons. The Balaban J connectivity index is 0.000000546. The molecular formula is C19H36N3O2+. The maximum absolute atomic E-state index is 8.65. The number of guanidine groups is 1. The van der Waals surface area contributed by atoms with Crippen LogP contribution in [0.3, 0.4) is 0 Å². The first-order chi connectivity index (χ1) is 11.4. The molecule has 24 heavy (non-hydrogen) atoms. The van der Waals surface area contributed by atoms with Gasteiger partial charge in [-0.25, -0.2) is 4.99 Å². The topological polar surface area (TPSA) is 56.1 Å². The quantitative estimate of drug-likeness (QED) is 0.473. The first-order valence-electron chi connectivity index (χ1n) is 9.08. The van der Waals surface area contributed by atoms with Crippen molar-refractivity contribution in [2.45, 2.75) is 41.5 Å². The first kappa shape index (κ1) is 22.2. The Morgan fingerprint density at radius 1 is 0.917 bits per heavy atom. The maximum atomic E-state index is 8.65. The number of rotatable bonds is 6. The van der Waals surface area contributed by atoms with Gasteiger partial charge in [-0.2, -0.15) is 0 Å². The lowest BCUT2D eigenvalue weighted by Gasteiger charge is -2.39. The van der Waals surface area contributed by atoms with Gasteiger partial charge in [-0.1, -0.05) is 6.07 Å². The SMILES string of the molecule is CC/N=C(\N(CC)CC)[N+](CC)(CC)CC.Oc1cccc(O)c1. The molecule has 0 atom stereocenters. The predicted molar refractivity (Wildman–Crippen MR) is 103 cm³/mol. The molecule has 138 valence electrons. The van der Waals surface area contributed by atoms with Crippen LogP contribution in [0.4, 0.5) is 0 Å². The summed E-state index contributed by atoms with van der Waals surface area (Å²) in [6, 6.07) is 5.85. The molecule has 0 unspecified atom stereocenters. The van der Waals surface area contributed by atoms with Crippen LogP contribution in [0.15, 0.2) is 29.3 Å². The lowest BCUT2D eigenvalue weighted by Crippen LogP contribution is -2.59. The van der Waals surface area contributed by atoms with E-state index in [-0.39, 0.29) is 11.5 Å². The van der Waals surface area contributed by atoms with Crippen molar-refractivity contribution in [2.24, 2.45) is 4.99 Å². The molecule has 1 rings (SSSR count). The molecule has 0 heterocycles. The van der Waals surface area contributed by atoms with Crippen LogP contribution < -0.4 is 0 Å². The summed E-state index contributed by atoms with van der Waals surface area (Å²) >= 11 is 0. The molecule has 0 amide bonds. The molecule has 1 aromatic carbocycles. The smallest absolute Gasteiger partial charge is 0.300 e. The summed E-state index contributed by atoms with van der Waals surface area (Å²) in [7, 11) is 0. The number of phenols is 2. The van der Waals surface area contributed by atoms with E-state index in [9.17, 15) is 0 Å². The molecule has 0 bridgehead atoms. The molecule has 0 aliphatic heterocycles. The number of nitrogens with zero attached hydrogens (tertiary/aromatic N) is 3. The van der Waals surface area contributed by atoms with Crippen molar-refractivity contribution in [3.63, 3.8) is 0 Å². The number of phenolic OH excluding ortho intramolecular Hbond substituents is 2. The Morgan fingerprint density at radius 3 is 1.62 bits per heavy atom. The van der Waals surface area contributed by atoms with Crippen molar-refractivity contribution in [2.75, 3.05) is 39.3 Å². The first-order valence-corrected chi connectivity index (χ1v) is 9.08. The molecule has 0 aromatic heterocycles. The minimum Gasteiger partial charge on any atom is -0.508 e. The zero-order chi connectivity index (χ0) is 18.6. The Kier molecular flexibility index (Phi) is 10.9. The summed E-state index contributed by atoms with van der Waals surface area (Å²) in [4.78, 5) is 7.17. The highest BCUT2D eigenvalue weighted by Gasteiger charge is 2.32. The standard InChI is InChI=1S/C13H30N3.C6H6O2/c1-7-14-13(15(8-2)9-3)16(10-4,11-5)12-6;7-5-2-1-3-6(8)4-5/h7-12H2,1-6H3;1-4,7-8H/q+1;/b14-13+;. The van der Waals surface area contributed by atoms with E-state index in [1.807, 2.05) is 0 Å². The fraction of sp³-hybridized carbons (Fsp3) is 0.632. The van der Waals surface area contributed by atoms with Gasteiger partial charge >= 0.3 is 0 Å². The third-order valence-electron chi connectivity index (χ3n) is 4.42. The van der Waals surface area contributed by atoms with E-state index in [2.05, 4.69) is 46.4 Å². The van der Waals surface area contributed by atoms with E-state index in [1.54, 1.807) is 6.07 Å². The molecule has 0 spiro atoms. The summed E-state index contributed by atoms with van der Waals surface area (Å²) in [5.41, 5.74) is 0. The van der Waals surface area contributed by atoms with Crippen molar-refractivity contribution in [1.29, 1.82) is 0 Å². The van der Waals surface area contributed by atoms with E-state index in [1.165, 1.54) is 24.2 Å². The van der Waals surface area contributed by atoms with Gasteiger partial charge in [0.25, 0.3) is 5.96 Å². The molecule has 0 fully saturated rings. The van der Waals surface area contributed by atoms with Gasteiger partial charge in [0.2, 0.25) is 0 Å². The van der Waals surface area contributed by atoms with Crippen molar-refractivity contribution < 1.29 is 14.7 Å². The number of aromatic hydroxyl groups is 2. The van der Waals surface area contributed by atoms with Gasteiger partial charge in [0.05, 0.1) is 19.6 Å². The van der Waals surface area contributed by atoms with Gasteiger partial charge in [0, 0.05) is 25.7 Å². The molecule has 0 saturated heterocycles. The largest absolute Gasteiger partial charge is 0.508 e. The van der Waals surface area contributed by atoms with Crippen molar-refractivity contribution in [3.05, 3.63) is 24.3 Å². The van der Waals surface area contributed by atoms with E-state index < -0.39 is 0 Å². The van der Waals surface area contributed by atoms with Gasteiger partial charge in [0.1, 0.15) is 11.5 Å². The average molecular weight is 339 g/mol. The van der Waals surface area contributed by atoms with Gasteiger partial charge in [-0.15, -0.1) is 0 Å². The van der Waals surface area contributed by atoms with Gasteiger partial charge in [0.15, 0.2) is 0 Å². The Labute approximate surface area is 147 Å². The second kappa shape index (κ2) is 11.7. The average Bonchev–Trinajstić information content (AvgIpc) is 2.58. The summed E-state index contributed by atoms with van der Waals surface area (Å²) in [5, 5.41) is 17.3. The number of aliphatic imine (C=N–C) groups is 1. The van der Waals surface area contributed by atoms with Crippen LogP contribution in [0.1, 0.15) is 41.5 Å². The predicted octanol–water partition coefficient (Wildman–Crippen LogP) is 3.68. The number of hydrogen-bond acceptors (Lipinski definition) is 3. The highest BCUT2D eigenvalue weighted by molar-refractivity contribution is 5.73. The summed E-state index contributed by atoms with van der Waals surface area (Å²) in [6.07, 6.45) is 0. The van der Waals surface area contributed by atoms with Crippen LogP contribution >= 0.6 is 0 Å². The minimum absolute atomic E-state index is 0.0880. The van der Waals surface area contributed by atoms with Crippen LogP contribution in [-0.2, 0) is 0 Å². The van der Waals surface area contributed by atoms with Gasteiger partial charge in [-0.05, 0) is 53.7 Å². The summed E-state index contributed by atoms with van der Waals surface area (Å²) in [5.74, 6) is 1.45. The highest BCUT2D eigenvalue weighted by atomic mass is 16.3. The zero-order valence-electron chi connectivity index (χ0n) is 16.3. The zero-order valence-corrected chi connectivity index (χ0v) is 16.3. The molecule has 5 nitrogen and oxygen atoms in total. The van der Waals surface area contributed by atoms with Crippen LogP contribution in [0.5, 0.6) is 11.5 Å². The molecule has 0 saturated carbocycles. The second-order valence-corrected chi connectivity index (χ2v) is 5.56. The summed E-state index contributed by atoms with van der Waals surface area (Å²) < 4.78 is 1.01. The van der Waals surface area contributed by atoms with Crippen molar-refractivity contribution in [3.8, 4) is 11.5 Å². The van der Waals surface area contributed by atoms with Crippen LogP contribution in [-0.4, -0.2) is 64.8 Å². The Morgan fingerprint density at radius 2 is 1.38 bits per heavy atom. The maximum Gasteiger partial charge on any atom is 0.300 e. The lowest BCUT2D eigenvalue weighted by atomic mass is 10.3. The van der Waals surface area contributed by atoms with E-state index >= 15 is 0 Å². The number of benzene rings is 1. The minimum atomic E-state index is 0.0880. The monoisotopic (exact) mass is 338 g/mol. The number of quaternary nitrogens is 1. The third-order valence-corrected chi connectivity index (χ3v) is 4.42. The highest BCUT2D eigenvalue weighted by Crippen LogP contribution is 2.15. The molecule has 5 heteroatoms. The summed E-state index contributed by atoms with van der Waals surface area (Å²) in [6.45, 7) is 19.7. The Bertz CT molecular complexity index is 456. The second-order valence-electron chi connectivity index (χ2n) is 5.56. The van der Waals surface area contributed by atoms with E-state index in [0.717, 1.165) is 43.8 Å². The molecule has 1 aromatic rings. The van der Waals surface area contributed by atoms with Crippen molar-refractivity contribution >= 4 is 5.96 Å². The van der Waals surface area contributed by atoms with Gasteiger partial charge in [-0.3, -0.25) is 4.48 Å². The van der Waals surface area contributed by atoms with E-state index in [4.69, 9.17) is 15.2 Å². The normalized spacial score (nSPS) is 11.7. The molecule has 2 N–H and O–H groups in total. The third kappa shape index (κ3) is 6.40. The van der Waals surface area contributed by atoms with Gasteiger partial charge < -0.3 is 15.1 Å². The van der Waals surface area contributed by atoms with Crippen LogP contribution in [0, 0.1) is 0 Å². The molecule has 0 aliphatic carbocycles. The fourth-order valence-corrected chi connectivity index (χ4v) is 2.79. The van der Waals surface area contributed by atoms with E-state index in [0.29, 0.717) is 0 Å². The molecular weight excluding hydrogens is 302 g/mol. The van der Waals surface area contributed by atoms with Crippen LogP contribution in [0.25, 0.3) is 0 Å². The van der Waals surface area contributed by atoms with Crippen LogP contribution in [0.2, 0.25) is 0 Å². The number of hydrogen-bond donors (Lipinski definition) is 2. The van der Waals surface area contributed by atoms with Crippen molar-refractivity contribution in [1.82, 2.24) is 4.90 Å². The fourth-order valence-electron chi connectivity index (χ4n) is 2.79. The molecule has 0 aliphatic rings. The lowest BCUT2D eigenvalue weighted by molar-refractivity contribution is -0.841. The Hall–Kier alpha value is -1.75.